The van der Waals surface area contributed by atoms with E-state index < -0.39 is 0 Å². The van der Waals surface area contributed by atoms with Gasteiger partial charge in [0.1, 0.15) is 0 Å². The molecule has 0 spiro atoms. The van der Waals surface area contributed by atoms with Crippen molar-refractivity contribution >= 4 is 0 Å². The molecular weight excluding hydrogens is 250 g/mol. The Labute approximate surface area is 118 Å². The Bertz CT molecular complexity index is 621. The Morgan fingerprint density at radius 2 is 2.00 bits per heavy atom. The summed E-state index contributed by atoms with van der Waals surface area (Å²) in [5.74, 6) is 1.80. The van der Waals surface area contributed by atoms with E-state index in [0.717, 1.165) is 29.8 Å². The van der Waals surface area contributed by atoms with Gasteiger partial charge in [-0.25, -0.2) is 0 Å². The van der Waals surface area contributed by atoms with Crippen molar-refractivity contribution in [1.29, 1.82) is 5.26 Å². The lowest BCUT2D eigenvalue weighted by Crippen LogP contribution is -2.06. The largest absolute Gasteiger partial charge is 0.334 e. The second-order valence-corrected chi connectivity index (χ2v) is 5.28. The summed E-state index contributed by atoms with van der Waals surface area (Å²) in [6.07, 6.45) is 6.47. The van der Waals surface area contributed by atoms with E-state index in [9.17, 15) is 0 Å². The molecule has 1 fully saturated rings. The first-order chi connectivity index (χ1) is 9.88. The number of nitrogens with zero attached hydrogens (tertiary/aromatic N) is 3. The molecule has 0 atom stereocenters. The highest BCUT2D eigenvalue weighted by molar-refractivity contribution is 5.59. The molecule has 0 saturated heterocycles. The van der Waals surface area contributed by atoms with E-state index in [0.29, 0.717) is 18.2 Å². The molecule has 1 aromatic heterocycles. The molecule has 4 heteroatoms. The molecule has 0 unspecified atom stereocenters. The summed E-state index contributed by atoms with van der Waals surface area (Å²) in [5, 5.41) is 13.0. The maximum absolute atomic E-state index is 8.88. The molecule has 1 aliphatic rings. The van der Waals surface area contributed by atoms with Crippen LogP contribution < -0.4 is 0 Å². The summed E-state index contributed by atoms with van der Waals surface area (Å²) in [4.78, 5) is 4.56. The van der Waals surface area contributed by atoms with E-state index in [2.05, 4.69) is 16.2 Å². The predicted molar refractivity (Wildman–Crippen MR) is 74.9 cm³/mol. The van der Waals surface area contributed by atoms with Crippen LogP contribution in [0.15, 0.2) is 28.8 Å². The molecule has 102 valence electrons. The topological polar surface area (TPSA) is 62.7 Å². The third-order valence-electron chi connectivity index (χ3n) is 3.93. The minimum absolute atomic E-state index is 0.358. The maximum Gasteiger partial charge on any atom is 0.258 e. The van der Waals surface area contributed by atoms with Crippen LogP contribution in [0.2, 0.25) is 0 Å². The first-order valence-electron chi connectivity index (χ1n) is 7.17. The fraction of sp³-hybridized carbons (Fsp3) is 0.438. The summed E-state index contributed by atoms with van der Waals surface area (Å²) in [6, 6.07) is 9.90. The number of rotatable bonds is 3. The van der Waals surface area contributed by atoms with Gasteiger partial charge in [-0.05, 0) is 24.5 Å². The van der Waals surface area contributed by atoms with Gasteiger partial charge in [-0.2, -0.15) is 10.2 Å². The van der Waals surface area contributed by atoms with Gasteiger partial charge in [-0.1, -0.05) is 42.6 Å². The zero-order valence-electron chi connectivity index (χ0n) is 11.4. The Hall–Kier alpha value is -2.15. The molecule has 0 N–H and O–H groups in total. The molecule has 1 saturated carbocycles. The monoisotopic (exact) mass is 267 g/mol. The third kappa shape index (κ3) is 2.57. The van der Waals surface area contributed by atoms with E-state index in [1.807, 2.05) is 24.3 Å². The highest BCUT2D eigenvalue weighted by atomic mass is 16.5. The second-order valence-electron chi connectivity index (χ2n) is 5.28. The molecule has 20 heavy (non-hydrogen) atoms. The van der Waals surface area contributed by atoms with Gasteiger partial charge in [0.2, 0.25) is 0 Å². The second kappa shape index (κ2) is 5.87. The van der Waals surface area contributed by atoms with E-state index in [1.165, 1.54) is 19.3 Å². The summed E-state index contributed by atoms with van der Waals surface area (Å²) >= 11 is 0. The molecule has 0 amide bonds. The molecule has 1 aliphatic carbocycles. The molecule has 0 radical (unpaired) electrons. The molecular formula is C16H17N3O. The van der Waals surface area contributed by atoms with Crippen molar-refractivity contribution in [2.75, 3.05) is 0 Å². The molecule has 4 nitrogen and oxygen atoms in total. The minimum atomic E-state index is 0.358. The zero-order valence-corrected chi connectivity index (χ0v) is 11.4. The lowest BCUT2D eigenvalue weighted by Gasteiger charge is -2.17. The van der Waals surface area contributed by atoms with E-state index >= 15 is 0 Å². The minimum Gasteiger partial charge on any atom is -0.334 e. The molecule has 0 bridgehead atoms. The van der Waals surface area contributed by atoms with Gasteiger partial charge in [0, 0.05) is 11.5 Å². The molecule has 3 rings (SSSR count). The average Bonchev–Trinajstić information content (AvgIpc) is 2.99. The van der Waals surface area contributed by atoms with Crippen LogP contribution in [-0.4, -0.2) is 10.1 Å². The first kappa shape index (κ1) is 12.9. The quantitative estimate of drug-likeness (QED) is 0.847. The van der Waals surface area contributed by atoms with Crippen molar-refractivity contribution in [1.82, 2.24) is 10.1 Å². The summed E-state index contributed by atoms with van der Waals surface area (Å²) in [7, 11) is 0. The van der Waals surface area contributed by atoms with E-state index in [1.54, 1.807) is 0 Å². The maximum atomic E-state index is 8.88. The smallest absolute Gasteiger partial charge is 0.258 e. The van der Waals surface area contributed by atoms with Crippen LogP contribution in [-0.2, 0) is 6.42 Å². The van der Waals surface area contributed by atoms with Crippen molar-refractivity contribution in [3.05, 3.63) is 35.7 Å². The van der Waals surface area contributed by atoms with Crippen molar-refractivity contribution in [2.45, 2.75) is 44.4 Å². The number of nitriles is 1. The first-order valence-corrected chi connectivity index (χ1v) is 7.17. The summed E-state index contributed by atoms with van der Waals surface area (Å²) < 4.78 is 5.42. The van der Waals surface area contributed by atoms with E-state index in [-0.39, 0.29) is 0 Å². The lowest BCUT2D eigenvalue weighted by molar-refractivity contribution is 0.385. The highest BCUT2D eigenvalue weighted by Gasteiger charge is 2.21. The zero-order chi connectivity index (χ0) is 13.8. The Balaban J connectivity index is 1.88. The highest BCUT2D eigenvalue weighted by Crippen LogP contribution is 2.32. The van der Waals surface area contributed by atoms with Crippen LogP contribution in [0, 0.1) is 11.3 Å². The van der Waals surface area contributed by atoms with Crippen LogP contribution >= 0.6 is 0 Å². The molecule has 1 aromatic carbocycles. The SMILES string of the molecule is N#CCc1ccccc1-c1nc(C2CCCCC2)no1. The Morgan fingerprint density at radius 3 is 2.80 bits per heavy atom. The number of hydrogen-bond acceptors (Lipinski definition) is 4. The average molecular weight is 267 g/mol. The Kier molecular flexibility index (Phi) is 3.78. The van der Waals surface area contributed by atoms with Gasteiger partial charge in [0.15, 0.2) is 5.82 Å². The van der Waals surface area contributed by atoms with Gasteiger partial charge in [-0.15, -0.1) is 0 Å². The normalized spacial score (nSPS) is 15.9. The van der Waals surface area contributed by atoms with Crippen LogP contribution in [0.1, 0.15) is 49.4 Å². The molecule has 0 aliphatic heterocycles. The van der Waals surface area contributed by atoms with Crippen LogP contribution in [0.25, 0.3) is 11.5 Å². The third-order valence-corrected chi connectivity index (χ3v) is 3.93. The van der Waals surface area contributed by atoms with Crippen molar-refractivity contribution < 1.29 is 4.52 Å². The number of hydrogen-bond donors (Lipinski definition) is 0. The van der Waals surface area contributed by atoms with Gasteiger partial charge >= 0.3 is 0 Å². The molecule has 2 aromatic rings. The predicted octanol–water partition coefficient (Wildman–Crippen LogP) is 3.85. The Morgan fingerprint density at radius 1 is 1.20 bits per heavy atom. The molecule has 1 heterocycles. The van der Waals surface area contributed by atoms with Crippen molar-refractivity contribution in [2.24, 2.45) is 0 Å². The van der Waals surface area contributed by atoms with Crippen LogP contribution in [0.5, 0.6) is 0 Å². The van der Waals surface area contributed by atoms with Gasteiger partial charge < -0.3 is 4.52 Å². The standard InChI is InChI=1S/C16H17N3O/c17-11-10-12-6-4-5-9-14(12)16-18-15(19-20-16)13-7-2-1-3-8-13/h4-6,9,13H,1-3,7-8,10H2. The fourth-order valence-electron chi connectivity index (χ4n) is 2.84. The van der Waals surface area contributed by atoms with Crippen molar-refractivity contribution in [3.8, 4) is 17.5 Å². The van der Waals surface area contributed by atoms with Crippen LogP contribution in [0.3, 0.4) is 0 Å². The van der Waals surface area contributed by atoms with Gasteiger partial charge in [-0.3, -0.25) is 0 Å². The lowest BCUT2D eigenvalue weighted by atomic mass is 9.89. The summed E-state index contributed by atoms with van der Waals surface area (Å²) in [6.45, 7) is 0. The summed E-state index contributed by atoms with van der Waals surface area (Å²) in [5.41, 5.74) is 1.82. The van der Waals surface area contributed by atoms with Gasteiger partial charge in [0.05, 0.1) is 12.5 Å². The fourth-order valence-corrected chi connectivity index (χ4v) is 2.84. The number of benzene rings is 1. The number of aromatic nitrogens is 2. The van der Waals surface area contributed by atoms with Gasteiger partial charge in [0.25, 0.3) is 5.89 Å². The van der Waals surface area contributed by atoms with E-state index in [4.69, 9.17) is 9.78 Å². The van der Waals surface area contributed by atoms with Crippen LogP contribution in [0.4, 0.5) is 0 Å². The van der Waals surface area contributed by atoms with Crippen molar-refractivity contribution in [3.63, 3.8) is 0 Å².